The van der Waals surface area contributed by atoms with Gasteiger partial charge in [-0.25, -0.2) is 9.59 Å². The Morgan fingerprint density at radius 1 is 0.441 bits per heavy atom. The minimum Gasteiger partial charge on any atom is -0.482 e. The fourth-order valence-electron chi connectivity index (χ4n) is 12.1. The topological polar surface area (TPSA) is 89.5 Å². The van der Waals surface area contributed by atoms with Crippen LogP contribution in [0.25, 0.3) is 0 Å². The summed E-state index contributed by atoms with van der Waals surface area (Å²) in [6.45, 7) is 4.15. The molecule has 8 fully saturated rings. The van der Waals surface area contributed by atoms with Crippen molar-refractivity contribution in [3.63, 3.8) is 0 Å². The summed E-state index contributed by atoms with van der Waals surface area (Å²) < 4.78 is 38.7. The van der Waals surface area contributed by atoms with E-state index < -0.39 is 21.2 Å². The molecule has 0 unspecified atom stereocenters. The molecule has 0 heterocycles. The number of carbonyl (C=O) groups excluding carboxylic acids is 2. The van der Waals surface area contributed by atoms with Crippen LogP contribution < -0.4 is 40.2 Å². The first-order chi connectivity index (χ1) is 28.6. The molecule has 308 valence electrons. The molecule has 0 radical (unpaired) electrons. The molecule has 59 heavy (non-hydrogen) atoms. The maximum absolute atomic E-state index is 12.9. The van der Waals surface area contributed by atoms with Crippen LogP contribution in [0.15, 0.2) is 97.1 Å². The minimum atomic E-state index is -0.393. The van der Waals surface area contributed by atoms with E-state index in [0.717, 1.165) is 35.2 Å². The highest BCUT2D eigenvalue weighted by molar-refractivity contribution is 5.72. The molecular weight excluding hydrogens is 855 g/mol. The maximum Gasteiger partial charge on any atom is 0.357 e. The average Bonchev–Trinajstić information content (AvgIpc) is 3.22. The smallest absolute Gasteiger partial charge is 0.357 e. The molecule has 0 aliphatic heterocycles. The Morgan fingerprint density at radius 3 is 1.02 bits per heavy atom. The minimum absolute atomic E-state index is 0.0891. The first kappa shape index (κ1) is 38.9. The Balaban J connectivity index is 0.647. The second kappa shape index (κ2) is 16.0. The van der Waals surface area contributed by atoms with Gasteiger partial charge in [-0.2, -0.15) is 0 Å². The van der Waals surface area contributed by atoms with Crippen LogP contribution in [0.4, 0.5) is 0 Å². The number of ether oxygens (including phenoxy) is 6. The summed E-state index contributed by atoms with van der Waals surface area (Å²) in [4.78, 5) is 25.7. The zero-order chi connectivity index (χ0) is 40.1. The number of hydrogen-bond donors (Lipinski definition) is 0. The van der Waals surface area contributed by atoms with Gasteiger partial charge in [-0.15, -0.1) is 0 Å². The number of rotatable bonds is 14. The monoisotopic (exact) mass is 909 g/mol. The first-order valence-corrected chi connectivity index (χ1v) is 23.9. The molecule has 0 saturated heterocycles. The quantitative estimate of drug-likeness (QED) is 0.0942. The summed E-state index contributed by atoms with van der Waals surface area (Å²) in [5.41, 5.74) is -0.690. The van der Waals surface area contributed by atoms with Gasteiger partial charge in [0.1, 0.15) is 45.7 Å². The van der Waals surface area contributed by atoms with Gasteiger partial charge in [0, 0.05) is 0 Å². The van der Waals surface area contributed by atoms with Crippen LogP contribution in [0.2, 0.25) is 0 Å². The Hall–Kier alpha value is -4.25. The average molecular weight is 910 g/mol. The van der Waals surface area contributed by atoms with Crippen molar-refractivity contribution < 1.29 is 59.2 Å². The third-order valence-corrected chi connectivity index (χ3v) is 17.5. The van der Waals surface area contributed by atoms with Gasteiger partial charge in [0.05, 0.1) is 0 Å². The summed E-state index contributed by atoms with van der Waals surface area (Å²) in [5, 5.41) is 0. The molecule has 0 amide bonds. The summed E-state index contributed by atoms with van der Waals surface area (Å²) >= 11 is -0.393. The molecule has 12 rings (SSSR count). The molecule has 8 aliphatic rings. The molecule has 0 N–H and O–H groups in total. The highest BCUT2D eigenvalue weighted by atomic mass is 127. The summed E-state index contributed by atoms with van der Waals surface area (Å²) in [6, 6.07) is 31.2. The van der Waals surface area contributed by atoms with Crippen LogP contribution in [-0.4, -0.2) is 36.4 Å². The third kappa shape index (κ3) is 8.29. The molecule has 0 atom stereocenters. The van der Waals surface area contributed by atoms with Gasteiger partial charge in [-0.3, -0.25) is 0 Å². The molecule has 8 aliphatic carbocycles. The summed E-state index contributed by atoms with van der Waals surface area (Å²) in [6.07, 6.45) is 12.4. The van der Waals surface area contributed by atoms with Crippen molar-refractivity contribution in [3.8, 4) is 34.5 Å². The van der Waals surface area contributed by atoms with E-state index in [1.165, 1.54) is 71.3 Å². The lowest BCUT2D eigenvalue weighted by Crippen LogP contribution is -3.61. The van der Waals surface area contributed by atoms with Crippen molar-refractivity contribution >= 4 is 11.9 Å². The van der Waals surface area contributed by atoms with Crippen LogP contribution in [0.1, 0.15) is 78.1 Å². The predicted molar refractivity (Wildman–Crippen MR) is 217 cm³/mol. The van der Waals surface area contributed by atoms with Crippen molar-refractivity contribution in [2.75, 3.05) is 13.2 Å². The summed E-state index contributed by atoms with van der Waals surface area (Å²) in [5.74, 6) is 8.86. The fourth-order valence-corrected chi connectivity index (χ4v) is 14.3. The van der Waals surface area contributed by atoms with Crippen molar-refractivity contribution in [1.82, 2.24) is 0 Å². The Labute approximate surface area is 357 Å². The lowest BCUT2D eigenvalue weighted by Gasteiger charge is -2.59. The van der Waals surface area contributed by atoms with E-state index >= 15 is 0 Å². The number of benzene rings is 4. The Bertz CT molecular complexity index is 1920. The normalized spacial score (nSPS) is 32.0. The molecule has 8 bridgehead atoms. The van der Waals surface area contributed by atoms with Gasteiger partial charge in [-0.1, -0.05) is 0 Å². The van der Waals surface area contributed by atoms with Gasteiger partial charge < -0.3 is 28.4 Å². The van der Waals surface area contributed by atoms with E-state index in [1.807, 2.05) is 72.8 Å². The van der Waals surface area contributed by atoms with Crippen LogP contribution in [-0.2, 0) is 19.1 Å². The lowest BCUT2D eigenvalue weighted by atomic mass is 9.50. The first-order valence-electron chi connectivity index (χ1n) is 21.7. The van der Waals surface area contributed by atoms with Crippen molar-refractivity contribution in [1.29, 1.82) is 0 Å². The fraction of sp³-hybridized carbons (Fsp3) is 0.480. The maximum atomic E-state index is 12.9. The highest BCUT2D eigenvalue weighted by Crippen LogP contribution is 2.60. The molecular formula is C50H54IO8+. The van der Waals surface area contributed by atoms with Crippen LogP contribution in [0.5, 0.6) is 34.5 Å². The van der Waals surface area contributed by atoms with E-state index in [1.54, 1.807) is 0 Å². The van der Waals surface area contributed by atoms with E-state index in [4.69, 9.17) is 28.4 Å². The molecule has 0 spiro atoms. The number of halogens is 1. The van der Waals surface area contributed by atoms with Gasteiger partial charge in [0.15, 0.2) is 20.4 Å². The standard InChI is InChI=1S/C50H54IO8/c1-49(35-21-31-19-32(23-35)24-36(49)22-31)58-47(52)29-54-41-11-15-45(16-12-41)56-43-7-3-39(4-8-43)51-40-5-9-44(10-6-40)57-46-17-13-42(14-18-46)55-30-48(53)59-50(2)37-25-33-20-34(27-37)28-38(50)26-33/h3-18,31-38H,19-30H2,1-2H3/q+1. The Kier molecular flexibility index (Phi) is 10.5. The van der Waals surface area contributed by atoms with Crippen LogP contribution >= 0.6 is 0 Å². The second-order valence-corrected chi connectivity index (χ2v) is 21.7. The lowest BCUT2D eigenvalue weighted by molar-refractivity contribution is -0.597. The van der Waals surface area contributed by atoms with E-state index in [9.17, 15) is 9.59 Å². The SMILES string of the molecule is CC1(OC(=O)COc2ccc(Oc3ccc([I+]c4ccc(Oc5ccc(OCC(=O)OC6(C)C7CC8CC(C7)CC6C8)cc5)cc4)cc3)cc2)C2CC3CC(C2)CC1C3. The molecule has 8 nitrogen and oxygen atoms in total. The summed E-state index contributed by atoms with van der Waals surface area (Å²) in [7, 11) is 0. The van der Waals surface area contributed by atoms with Crippen molar-refractivity contribution in [2.45, 2.75) is 89.3 Å². The third-order valence-electron chi connectivity index (χ3n) is 14.9. The van der Waals surface area contributed by atoms with E-state index in [2.05, 4.69) is 38.1 Å². The van der Waals surface area contributed by atoms with Crippen LogP contribution in [0.3, 0.4) is 0 Å². The largest absolute Gasteiger partial charge is 0.482 e. The number of carbonyl (C=O) groups is 2. The van der Waals surface area contributed by atoms with E-state index in [0.29, 0.717) is 46.7 Å². The predicted octanol–water partition coefficient (Wildman–Crippen LogP) is 7.67. The van der Waals surface area contributed by atoms with Gasteiger partial charge in [0.25, 0.3) is 0 Å². The molecule has 4 aromatic rings. The molecule has 8 saturated carbocycles. The zero-order valence-electron chi connectivity index (χ0n) is 34.0. The zero-order valence-corrected chi connectivity index (χ0v) is 36.1. The van der Waals surface area contributed by atoms with Gasteiger partial charge in [-0.05, 0) is 222 Å². The van der Waals surface area contributed by atoms with Crippen LogP contribution in [0, 0.1) is 54.5 Å². The molecule has 4 aromatic carbocycles. The second-order valence-electron chi connectivity index (χ2n) is 18.7. The van der Waals surface area contributed by atoms with Crippen molar-refractivity contribution in [3.05, 3.63) is 104 Å². The molecule has 9 heteroatoms. The van der Waals surface area contributed by atoms with Gasteiger partial charge >= 0.3 is 33.1 Å². The van der Waals surface area contributed by atoms with Gasteiger partial charge in [0.2, 0.25) is 0 Å². The number of esters is 2. The van der Waals surface area contributed by atoms with E-state index in [-0.39, 0.29) is 36.4 Å². The Morgan fingerprint density at radius 2 is 0.712 bits per heavy atom. The molecule has 0 aromatic heterocycles. The number of hydrogen-bond acceptors (Lipinski definition) is 8. The highest BCUT2D eigenvalue weighted by Gasteiger charge is 2.58. The van der Waals surface area contributed by atoms with Crippen molar-refractivity contribution in [2.24, 2.45) is 47.3 Å².